The fraction of sp³-hybridized carbons (Fsp3) is 0.467. The van der Waals surface area contributed by atoms with Crippen LogP contribution in [-0.4, -0.2) is 8.32 Å². The van der Waals surface area contributed by atoms with E-state index in [4.69, 9.17) is 4.43 Å². The molecule has 0 radical (unpaired) electrons. The van der Waals surface area contributed by atoms with Crippen molar-refractivity contribution in [3.8, 4) is 5.75 Å². The molecule has 0 atom stereocenters. The van der Waals surface area contributed by atoms with Crippen molar-refractivity contribution in [1.29, 1.82) is 0 Å². The Kier molecular flexibility index (Phi) is 4.84. The van der Waals surface area contributed by atoms with Crippen LogP contribution in [0.3, 0.4) is 0 Å². The maximum atomic E-state index is 6.42. The molecule has 1 aromatic carbocycles. The second kappa shape index (κ2) is 5.62. The fourth-order valence-corrected chi connectivity index (χ4v) is 3.09. The zero-order valence-electron chi connectivity index (χ0n) is 12.0. The van der Waals surface area contributed by atoms with E-state index in [0.29, 0.717) is 0 Å². The summed E-state index contributed by atoms with van der Waals surface area (Å²) < 4.78 is 7.46. The van der Waals surface area contributed by atoms with Crippen LogP contribution in [0.1, 0.15) is 26.3 Å². The predicted molar refractivity (Wildman–Crippen MR) is 85.9 cm³/mol. The van der Waals surface area contributed by atoms with Crippen molar-refractivity contribution in [3.05, 3.63) is 40.9 Å². The summed E-state index contributed by atoms with van der Waals surface area (Å²) in [5, 5.41) is 0.202. The Morgan fingerprint density at radius 2 is 1.94 bits per heavy atom. The Balaban J connectivity index is 3.14. The number of benzene rings is 1. The van der Waals surface area contributed by atoms with Crippen molar-refractivity contribution in [3.63, 3.8) is 0 Å². The molecule has 0 unspecified atom stereocenters. The van der Waals surface area contributed by atoms with Crippen LogP contribution in [0.5, 0.6) is 5.75 Å². The summed E-state index contributed by atoms with van der Waals surface area (Å²) in [5.41, 5.74) is 1.20. The van der Waals surface area contributed by atoms with Crippen LogP contribution >= 0.6 is 15.9 Å². The van der Waals surface area contributed by atoms with Crippen molar-refractivity contribution in [1.82, 2.24) is 0 Å². The first kappa shape index (κ1) is 15.5. The molecule has 0 aliphatic heterocycles. The van der Waals surface area contributed by atoms with E-state index < -0.39 is 8.32 Å². The van der Waals surface area contributed by atoms with Gasteiger partial charge in [0.25, 0.3) is 8.32 Å². The van der Waals surface area contributed by atoms with Gasteiger partial charge < -0.3 is 4.43 Å². The first-order chi connectivity index (χ1) is 8.19. The molecular weight excluding hydrogens is 304 g/mol. The fourth-order valence-electron chi connectivity index (χ4n) is 1.39. The molecule has 18 heavy (non-hydrogen) atoms. The lowest BCUT2D eigenvalue weighted by atomic mass is 10.1. The third-order valence-electron chi connectivity index (χ3n) is 3.58. The van der Waals surface area contributed by atoms with Crippen LogP contribution in [0.2, 0.25) is 18.1 Å². The van der Waals surface area contributed by atoms with E-state index in [0.717, 1.165) is 16.6 Å². The lowest BCUT2D eigenvalue weighted by Crippen LogP contribution is -2.44. The van der Waals surface area contributed by atoms with Gasteiger partial charge in [0, 0.05) is 0 Å². The van der Waals surface area contributed by atoms with Gasteiger partial charge in [-0.15, -0.1) is 6.58 Å². The molecule has 0 saturated heterocycles. The third-order valence-corrected chi connectivity index (χ3v) is 8.53. The van der Waals surface area contributed by atoms with Gasteiger partial charge in [0.05, 0.1) is 4.47 Å². The predicted octanol–water partition coefficient (Wildman–Crippen LogP) is 5.56. The van der Waals surface area contributed by atoms with E-state index in [2.05, 4.69) is 62.4 Å². The quantitative estimate of drug-likeness (QED) is 0.519. The topological polar surface area (TPSA) is 9.23 Å². The molecule has 0 N–H and O–H groups in total. The van der Waals surface area contributed by atoms with Gasteiger partial charge in [0.1, 0.15) is 5.75 Å². The van der Waals surface area contributed by atoms with Crippen LogP contribution in [0.4, 0.5) is 0 Å². The Bertz CT molecular complexity index is 433. The normalized spacial score (nSPS) is 12.3. The van der Waals surface area contributed by atoms with Gasteiger partial charge >= 0.3 is 0 Å². The second-order valence-corrected chi connectivity index (χ2v) is 11.7. The number of rotatable bonds is 4. The van der Waals surface area contributed by atoms with Crippen LogP contribution < -0.4 is 4.43 Å². The van der Waals surface area contributed by atoms with E-state index >= 15 is 0 Å². The van der Waals surface area contributed by atoms with Crippen molar-refractivity contribution in [2.75, 3.05) is 0 Å². The first-order valence-electron chi connectivity index (χ1n) is 6.26. The summed E-state index contributed by atoms with van der Waals surface area (Å²) in [5.74, 6) is 0.990. The summed E-state index contributed by atoms with van der Waals surface area (Å²) in [6.45, 7) is 15.1. The summed E-state index contributed by atoms with van der Waals surface area (Å²) in [4.78, 5) is 0. The largest absolute Gasteiger partial charge is 0.543 e. The molecule has 0 aliphatic rings. The van der Waals surface area contributed by atoms with E-state index in [1.165, 1.54) is 5.56 Å². The Morgan fingerprint density at radius 1 is 1.33 bits per heavy atom. The van der Waals surface area contributed by atoms with E-state index in [-0.39, 0.29) is 5.04 Å². The Morgan fingerprint density at radius 3 is 2.44 bits per heavy atom. The molecule has 0 amide bonds. The maximum absolute atomic E-state index is 6.42. The van der Waals surface area contributed by atoms with Crippen molar-refractivity contribution < 1.29 is 4.43 Å². The number of halogens is 1. The number of hydrogen-bond donors (Lipinski definition) is 0. The van der Waals surface area contributed by atoms with Gasteiger partial charge in [0.15, 0.2) is 0 Å². The van der Waals surface area contributed by atoms with Crippen LogP contribution in [0.15, 0.2) is 35.3 Å². The first-order valence-corrected chi connectivity index (χ1v) is 9.96. The van der Waals surface area contributed by atoms with Gasteiger partial charge in [0.2, 0.25) is 0 Å². The molecule has 0 aliphatic carbocycles. The Labute approximate surface area is 121 Å². The highest BCUT2D eigenvalue weighted by Gasteiger charge is 2.39. The average Bonchev–Trinajstić information content (AvgIpc) is 2.22. The van der Waals surface area contributed by atoms with Crippen LogP contribution in [0.25, 0.3) is 0 Å². The molecule has 1 rings (SSSR count). The van der Waals surface area contributed by atoms with Gasteiger partial charge in [-0.1, -0.05) is 39.0 Å². The van der Waals surface area contributed by atoms with Crippen molar-refractivity contribution >= 4 is 24.2 Å². The molecular formula is C15H23BrOSi. The highest BCUT2D eigenvalue weighted by atomic mass is 79.9. The SMILES string of the molecule is C=CCc1cccc(Br)c1O[Si](C)(C)C(C)(C)C. The highest BCUT2D eigenvalue weighted by Crippen LogP contribution is 2.40. The van der Waals surface area contributed by atoms with Crippen molar-refractivity contribution in [2.24, 2.45) is 0 Å². The summed E-state index contributed by atoms with van der Waals surface area (Å²) in [7, 11) is -1.80. The van der Waals surface area contributed by atoms with Crippen molar-refractivity contribution in [2.45, 2.75) is 45.3 Å². The molecule has 0 fully saturated rings. The minimum atomic E-state index is -1.80. The van der Waals surface area contributed by atoms with E-state index in [9.17, 15) is 0 Å². The van der Waals surface area contributed by atoms with Gasteiger partial charge in [-0.3, -0.25) is 0 Å². The minimum Gasteiger partial charge on any atom is -0.543 e. The zero-order chi connectivity index (χ0) is 14.0. The van der Waals surface area contributed by atoms with Gasteiger partial charge in [-0.05, 0) is 52.1 Å². The summed E-state index contributed by atoms with van der Waals surface area (Å²) in [6.07, 6.45) is 2.75. The van der Waals surface area contributed by atoms with Gasteiger partial charge in [-0.2, -0.15) is 0 Å². The standard InChI is InChI=1S/C15H23BrOSi/c1-7-9-12-10-8-11-13(16)14(12)17-18(5,6)15(2,3)4/h7-8,10-11H,1,9H2,2-6H3. The molecule has 1 nitrogen and oxygen atoms in total. The number of allylic oxidation sites excluding steroid dienone is 1. The minimum absolute atomic E-state index is 0.202. The molecule has 1 aromatic rings. The third kappa shape index (κ3) is 3.48. The average molecular weight is 327 g/mol. The molecule has 0 aromatic heterocycles. The van der Waals surface area contributed by atoms with E-state index in [1.54, 1.807) is 0 Å². The molecule has 0 bridgehead atoms. The van der Waals surface area contributed by atoms with E-state index in [1.807, 2.05) is 18.2 Å². The lowest BCUT2D eigenvalue weighted by molar-refractivity contribution is 0.486. The lowest BCUT2D eigenvalue weighted by Gasteiger charge is -2.37. The summed E-state index contributed by atoms with van der Waals surface area (Å²) >= 11 is 3.60. The number of para-hydroxylation sites is 1. The molecule has 100 valence electrons. The van der Waals surface area contributed by atoms with Gasteiger partial charge in [-0.25, -0.2) is 0 Å². The maximum Gasteiger partial charge on any atom is 0.250 e. The monoisotopic (exact) mass is 326 g/mol. The molecule has 0 heterocycles. The second-order valence-electron chi connectivity index (χ2n) is 6.08. The van der Waals surface area contributed by atoms with Crippen LogP contribution in [-0.2, 0) is 6.42 Å². The Hall–Kier alpha value is -0.543. The molecule has 3 heteroatoms. The molecule has 0 spiro atoms. The highest BCUT2D eigenvalue weighted by molar-refractivity contribution is 9.10. The zero-order valence-corrected chi connectivity index (χ0v) is 14.6. The molecule has 0 saturated carbocycles. The smallest absolute Gasteiger partial charge is 0.250 e. The van der Waals surface area contributed by atoms with Crippen LogP contribution in [0, 0.1) is 0 Å². The number of hydrogen-bond acceptors (Lipinski definition) is 1. The summed E-state index contributed by atoms with van der Waals surface area (Å²) in [6, 6.07) is 6.19.